The average molecular weight is 483 g/mol. The molecule has 0 bridgehead atoms. The Morgan fingerprint density at radius 2 is 1.89 bits per heavy atom. The number of carbonyl (C=O) groups excluding carboxylic acids is 2. The third-order valence-corrected chi connectivity index (χ3v) is 6.18. The minimum absolute atomic E-state index is 0.0287. The highest BCUT2D eigenvalue weighted by Gasteiger charge is 2.29. The third-order valence-electron chi connectivity index (χ3n) is 6.18. The Labute approximate surface area is 202 Å². The molecule has 0 unspecified atom stereocenters. The first-order valence-corrected chi connectivity index (χ1v) is 11.0. The second kappa shape index (κ2) is 9.10. The van der Waals surface area contributed by atoms with E-state index in [1.54, 1.807) is 4.90 Å². The number of halogens is 3. The molecule has 35 heavy (non-hydrogen) atoms. The Morgan fingerprint density at radius 3 is 2.60 bits per heavy atom. The SMILES string of the molecule is [2H]C([2H])(c1ccc2c(c1F)CC(=O)c1cc(F)cnc1-2)N1CCN(c2ccc(C(=O)NC)nc2F)CC1. The van der Waals surface area contributed by atoms with Gasteiger partial charge in [0, 0.05) is 71.1 Å². The number of ketones is 1. The van der Waals surface area contributed by atoms with Crippen molar-refractivity contribution in [2.45, 2.75) is 12.9 Å². The molecule has 1 aromatic carbocycles. The lowest BCUT2D eigenvalue weighted by Gasteiger charge is -2.36. The summed E-state index contributed by atoms with van der Waals surface area (Å²) in [5.41, 5.74) is 0.521. The van der Waals surface area contributed by atoms with Crippen LogP contribution in [0.15, 0.2) is 36.5 Å². The lowest BCUT2D eigenvalue weighted by molar-refractivity contribution is 0.0955. The molecule has 1 N–H and O–H groups in total. The van der Waals surface area contributed by atoms with Crippen LogP contribution in [-0.2, 0) is 12.9 Å². The molecule has 0 radical (unpaired) electrons. The summed E-state index contributed by atoms with van der Waals surface area (Å²) in [6.07, 6.45) is 0.631. The van der Waals surface area contributed by atoms with Crippen LogP contribution in [0.3, 0.4) is 0 Å². The summed E-state index contributed by atoms with van der Waals surface area (Å²) < 4.78 is 61.2. The number of nitrogens with one attached hydrogen (secondary N) is 1. The first-order chi connectivity index (χ1) is 17.6. The smallest absolute Gasteiger partial charge is 0.269 e. The molecule has 1 amide bonds. The van der Waals surface area contributed by atoms with Crippen molar-refractivity contribution in [2.75, 3.05) is 38.1 Å². The summed E-state index contributed by atoms with van der Waals surface area (Å²) in [6, 6.07) is 6.77. The van der Waals surface area contributed by atoms with Crippen LogP contribution in [0, 0.1) is 17.6 Å². The second-order valence-corrected chi connectivity index (χ2v) is 8.27. The molecule has 2 aromatic heterocycles. The van der Waals surface area contributed by atoms with Gasteiger partial charge in [-0.25, -0.2) is 13.8 Å². The fourth-order valence-corrected chi connectivity index (χ4v) is 4.37. The molecule has 1 aliphatic heterocycles. The van der Waals surface area contributed by atoms with Crippen LogP contribution in [0.1, 0.15) is 34.7 Å². The van der Waals surface area contributed by atoms with Crippen molar-refractivity contribution in [2.24, 2.45) is 0 Å². The Kier molecular flexibility index (Phi) is 5.35. The van der Waals surface area contributed by atoms with Crippen LogP contribution in [0.2, 0.25) is 0 Å². The highest BCUT2D eigenvalue weighted by Crippen LogP contribution is 2.35. The van der Waals surface area contributed by atoms with Gasteiger partial charge in [0.1, 0.15) is 17.3 Å². The van der Waals surface area contributed by atoms with Gasteiger partial charge in [0.15, 0.2) is 5.78 Å². The Balaban J connectivity index is 1.37. The topological polar surface area (TPSA) is 78.4 Å². The summed E-state index contributed by atoms with van der Waals surface area (Å²) in [7, 11) is 1.42. The van der Waals surface area contributed by atoms with E-state index in [1.165, 1.54) is 36.2 Å². The summed E-state index contributed by atoms with van der Waals surface area (Å²) in [5, 5.41) is 2.38. The normalized spacial score (nSPS) is 16.8. The molecule has 1 fully saturated rings. The van der Waals surface area contributed by atoms with Gasteiger partial charge in [-0.2, -0.15) is 4.39 Å². The van der Waals surface area contributed by atoms with Crippen LogP contribution in [0.5, 0.6) is 0 Å². The van der Waals surface area contributed by atoms with Gasteiger partial charge in [0.25, 0.3) is 5.91 Å². The van der Waals surface area contributed by atoms with Gasteiger partial charge in [0.2, 0.25) is 5.95 Å². The zero-order valence-corrected chi connectivity index (χ0v) is 18.7. The summed E-state index contributed by atoms with van der Waals surface area (Å²) >= 11 is 0. The minimum Gasteiger partial charge on any atom is -0.365 e. The maximum absolute atomic E-state index is 15.7. The zero-order chi connectivity index (χ0) is 26.5. The number of carbonyl (C=O) groups is 2. The molecule has 2 aliphatic rings. The standard InChI is InChI=1S/C25H22F3N5O2/c1-29-25(35)19-4-5-20(24(28)31-19)33-8-6-32(7-9-33)13-14-2-3-16-17(22(14)27)11-21(34)18-10-15(26)12-30-23(16)18/h2-5,10,12H,6-9,11,13H2,1H3,(H,29,35)/i13D2. The van der Waals surface area contributed by atoms with Crippen molar-refractivity contribution < 1.29 is 25.5 Å². The lowest BCUT2D eigenvalue weighted by Crippen LogP contribution is -2.46. The third kappa shape index (κ3) is 4.25. The minimum atomic E-state index is -2.22. The Bertz CT molecular complexity index is 1430. The van der Waals surface area contributed by atoms with Crippen molar-refractivity contribution in [3.05, 3.63) is 76.5 Å². The monoisotopic (exact) mass is 483 g/mol. The first-order valence-electron chi connectivity index (χ1n) is 12.0. The second-order valence-electron chi connectivity index (χ2n) is 8.27. The van der Waals surface area contributed by atoms with E-state index < -0.39 is 35.8 Å². The molecule has 7 nitrogen and oxygen atoms in total. The molecule has 3 heterocycles. The predicted molar refractivity (Wildman–Crippen MR) is 123 cm³/mol. The largest absolute Gasteiger partial charge is 0.365 e. The van der Waals surface area contributed by atoms with Gasteiger partial charge < -0.3 is 10.2 Å². The number of anilines is 1. The summed E-state index contributed by atoms with van der Waals surface area (Å²) in [4.78, 5) is 35.0. The van der Waals surface area contributed by atoms with Gasteiger partial charge >= 0.3 is 0 Å². The van der Waals surface area contributed by atoms with Gasteiger partial charge in [0.05, 0.1) is 17.6 Å². The molecule has 5 rings (SSSR count). The summed E-state index contributed by atoms with van der Waals surface area (Å²) in [6.45, 7) is -1.42. The van der Waals surface area contributed by atoms with Crippen molar-refractivity contribution in [3.63, 3.8) is 0 Å². The van der Waals surface area contributed by atoms with E-state index in [0.717, 1.165) is 12.3 Å². The van der Waals surface area contributed by atoms with E-state index >= 15 is 4.39 Å². The molecule has 3 aromatic rings. The van der Waals surface area contributed by atoms with Gasteiger partial charge in [-0.05, 0) is 18.2 Å². The van der Waals surface area contributed by atoms with Crippen LogP contribution in [0.25, 0.3) is 11.3 Å². The fourth-order valence-electron chi connectivity index (χ4n) is 4.37. The molecule has 10 heteroatoms. The number of pyridine rings is 2. The van der Waals surface area contributed by atoms with Crippen molar-refractivity contribution in [1.29, 1.82) is 0 Å². The van der Waals surface area contributed by atoms with Crippen LogP contribution in [0.4, 0.5) is 18.9 Å². The molecular formula is C25H22F3N5O2. The number of piperazine rings is 1. The summed E-state index contributed by atoms with van der Waals surface area (Å²) in [5.74, 6) is -3.31. The van der Waals surface area contributed by atoms with E-state index in [4.69, 9.17) is 2.74 Å². The Hall–Kier alpha value is -3.79. The number of Topliss-reactive ketones (excluding diaryl/α,β-unsaturated/α-hetero) is 1. The van der Waals surface area contributed by atoms with Gasteiger partial charge in [-0.1, -0.05) is 12.1 Å². The van der Waals surface area contributed by atoms with E-state index in [-0.39, 0.29) is 66.4 Å². The van der Waals surface area contributed by atoms with Gasteiger partial charge in [-0.15, -0.1) is 0 Å². The molecule has 1 aliphatic carbocycles. The number of hydrogen-bond donors (Lipinski definition) is 1. The molecule has 0 atom stereocenters. The van der Waals surface area contributed by atoms with Crippen LogP contribution in [-0.4, -0.2) is 59.8 Å². The molecule has 180 valence electrons. The molecular weight excluding hydrogens is 459 g/mol. The van der Waals surface area contributed by atoms with Gasteiger partial charge in [-0.3, -0.25) is 19.5 Å². The molecule has 0 spiro atoms. The number of amides is 1. The van der Waals surface area contributed by atoms with Crippen molar-refractivity contribution in [1.82, 2.24) is 20.2 Å². The molecule has 1 saturated heterocycles. The number of fused-ring (bicyclic) bond motifs is 3. The maximum Gasteiger partial charge on any atom is 0.269 e. The fraction of sp³-hybridized carbons (Fsp3) is 0.280. The van der Waals surface area contributed by atoms with E-state index in [9.17, 15) is 18.4 Å². The Morgan fingerprint density at radius 1 is 1.11 bits per heavy atom. The zero-order valence-electron chi connectivity index (χ0n) is 20.7. The van der Waals surface area contributed by atoms with E-state index in [0.29, 0.717) is 5.56 Å². The first kappa shape index (κ1) is 20.6. The number of aromatic nitrogens is 2. The van der Waals surface area contributed by atoms with Crippen molar-refractivity contribution in [3.8, 4) is 11.3 Å². The van der Waals surface area contributed by atoms with Crippen LogP contribution < -0.4 is 10.2 Å². The van der Waals surface area contributed by atoms with E-state index in [2.05, 4.69) is 15.3 Å². The lowest BCUT2D eigenvalue weighted by atomic mass is 9.86. The predicted octanol–water partition coefficient (Wildman–Crippen LogP) is 2.98. The quantitative estimate of drug-likeness (QED) is 0.575. The van der Waals surface area contributed by atoms with Crippen molar-refractivity contribution >= 4 is 17.4 Å². The maximum atomic E-state index is 15.7. The van der Waals surface area contributed by atoms with Crippen LogP contribution >= 0.6 is 0 Å². The highest BCUT2D eigenvalue weighted by atomic mass is 19.1. The van der Waals surface area contributed by atoms with E-state index in [1.807, 2.05) is 0 Å². The average Bonchev–Trinajstić information content (AvgIpc) is 2.89. The highest BCUT2D eigenvalue weighted by molar-refractivity contribution is 6.06. The number of hydrogen-bond acceptors (Lipinski definition) is 6. The number of benzene rings is 1. The number of rotatable bonds is 4. The number of nitrogens with zero attached hydrogens (tertiary/aromatic N) is 4. The molecule has 0 saturated carbocycles.